The molecule has 1 aliphatic heterocycles. The van der Waals surface area contributed by atoms with Gasteiger partial charge in [-0.2, -0.15) is 0 Å². The SMILES string of the molecule is Cl.NCCCCCCC(=O)N1CCN(C(=O)c2ccc(Cl)cc2)CC1. The molecule has 0 saturated carbocycles. The van der Waals surface area contributed by atoms with Gasteiger partial charge < -0.3 is 15.5 Å². The number of hydrogen-bond acceptors (Lipinski definition) is 3. The Morgan fingerprint density at radius 2 is 1.48 bits per heavy atom. The van der Waals surface area contributed by atoms with E-state index in [9.17, 15) is 9.59 Å². The van der Waals surface area contributed by atoms with E-state index in [4.69, 9.17) is 17.3 Å². The van der Waals surface area contributed by atoms with Crippen molar-refractivity contribution in [3.05, 3.63) is 34.9 Å². The molecule has 1 aliphatic rings. The molecule has 2 rings (SSSR count). The quantitative estimate of drug-likeness (QED) is 0.731. The number of halogens is 2. The maximum Gasteiger partial charge on any atom is 0.253 e. The minimum Gasteiger partial charge on any atom is -0.339 e. The van der Waals surface area contributed by atoms with Crippen LogP contribution in [0.25, 0.3) is 0 Å². The van der Waals surface area contributed by atoms with E-state index >= 15 is 0 Å². The molecule has 0 radical (unpaired) electrons. The first-order valence-corrected chi connectivity index (χ1v) is 9.02. The molecule has 2 N–H and O–H groups in total. The van der Waals surface area contributed by atoms with E-state index in [1.807, 2.05) is 4.90 Å². The van der Waals surface area contributed by atoms with E-state index in [-0.39, 0.29) is 24.2 Å². The molecule has 0 aromatic heterocycles. The summed E-state index contributed by atoms with van der Waals surface area (Å²) >= 11 is 5.85. The number of piperazine rings is 1. The lowest BCUT2D eigenvalue weighted by molar-refractivity contribution is -0.132. The van der Waals surface area contributed by atoms with Gasteiger partial charge in [-0.15, -0.1) is 12.4 Å². The van der Waals surface area contributed by atoms with Gasteiger partial charge in [-0.1, -0.05) is 24.4 Å². The Kier molecular flexibility index (Phi) is 9.86. The highest BCUT2D eigenvalue weighted by Gasteiger charge is 2.24. The Balaban J connectivity index is 0.00000312. The van der Waals surface area contributed by atoms with Crippen molar-refractivity contribution < 1.29 is 9.59 Å². The highest BCUT2D eigenvalue weighted by atomic mass is 35.5. The zero-order valence-corrected chi connectivity index (χ0v) is 16.0. The van der Waals surface area contributed by atoms with Gasteiger partial charge in [0.15, 0.2) is 0 Å². The monoisotopic (exact) mass is 387 g/mol. The molecule has 1 saturated heterocycles. The summed E-state index contributed by atoms with van der Waals surface area (Å²) in [5.41, 5.74) is 6.10. The third-order valence-electron chi connectivity index (χ3n) is 4.36. The van der Waals surface area contributed by atoms with Crippen LogP contribution < -0.4 is 5.73 Å². The van der Waals surface area contributed by atoms with Crippen molar-refractivity contribution in [2.45, 2.75) is 32.1 Å². The van der Waals surface area contributed by atoms with Crippen LogP contribution in [0.2, 0.25) is 5.02 Å². The van der Waals surface area contributed by atoms with Crippen LogP contribution in [0.3, 0.4) is 0 Å². The minimum absolute atomic E-state index is 0. The molecule has 1 fully saturated rings. The summed E-state index contributed by atoms with van der Waals surface area (Å²) in [6.07, 6.45) is 4.68. The average molecular weight is 388 g/mol. The molecule has 1 aromatic carbocycles. The molecule has 5 nitrogen and oxygen atoms in total. The largest absolute Gasteiger partial charge is 0.339 e. The molecular formula is C18H27Cl2N3O2. The lowest BCUT2D eigenvalue weighted by Gasteiger charge is -2.35. The second-order valence-corrected chi connectivity index (χ2v) is 6.57. The molecule has 7 heteroatoms. The second kappa shape index (κ2) is 11.3. The molecule has 0 atom stereocenters. The van der Waals surface area contributed by atoms with E-state index in [2.05, 4.69) is 0 Å². The molecule has 0 aliphatic carbocycles. The molecule has 1 aromatic rings. The number of benzene rings is 1. The molecule has 25 heavy (non-hydrogen) atoms. The van der Waals surface area contributed by atoms with Crippen molar-refractivity contribution in [1.82, 2.24) is 9.80 Å². The van der Waals surface area contributed by atoms with Gasteiger partial charge >= 0.3 is 0 Å². The fraction of sp³-hybridized carbons (Fsp3) is 0.556. The van der Waals surface area contributed by atoms with E-state index in [0.717, 1.165) is 32.2 Å². The maximum absolute atomic E-state index is 12.4. The summed E-state index contributed by atoms with van der Waals surface area (Å²) in [7, 11) is 0. The maximum atomic E-state index is 12.4. The fourth-order valence-corrected chi connectivity index (χ4v) is 2.99. The molecule has 0 spiro atoms. The van der Waals surface area contributed by atoms with E-state index < -0.39 is 0 Å². The zero-order chi connectivity index (χ0) is 17.4. The smallest absolute Gasteiger partial charge is 0.253 e. The Morgan fingerprint density at radius 1 is 0.920 bits per heavy atom. The van der Waals surface area contributed by atoms with Crippen LogP contribution >= 0.6 is 24.0 Å². The predicted molar refractivity (Wildman–Crippen MR) is 103 cm³/mol. The summed E-state index contributed by atoms with van der Waals surface area (Å²) in [5.74, 6) is 0.196. The summed E-state index contributed by atoms with van der Waals surface area (Å²) in [5, 5.41) is 0.619. The van der Waals surface area contributed by atoms with Crippen LogP contribution in [0.4, 0.5) is 0 Å². The number of carbonyl (C=O) groups is 2. The van der Waals surface area contributed by atoms with Gasteiger partial charge in [0.2, 0.25) is 5.91 Å². The van der Waals surface area contributed by atoms with Gasteiger partial charge in [-0.25, -0.2) is 0 Å². The van der Waals surface area contributed by atoms with Crippen LogP contribution in [0.1, 0.15) is 42.5 Å². The third kappa shape index (κ3) is 6.84. The normalized spacial score (nSPS) is 14.2. The van der Waals surface area contributed by atoms with Crippen LogP contribution in [0, 0.1) is 0 Å². The van der Waals surface area contributed by atoms with Gasteiger partial charge in [0.1, 0.15) is 0 Å². The first kappa shape index (κ1) is 21.7. The minimum atomic E-state index is 0. The zero-order valence-electron chi connectivity index (χ0n) is 14.5. The predicted octanol–water partition coefficient (Wildman–Crippen LogP) is 2.96. The first-order valence-electron chi connectivity index (χ1n) is 8.64. The Hall–Kier alpha value is -1.30. The number of nitrogens with two attached hydrogens (primary N) is 1. The standard InChI is InChI=1S/C18H26ClN3O2.ClH/c19-16-8-6-15(7-9-16)18(24)22-13-11-21(12-14-22)17(23)5-3-1-2-4-10-20;/h6-9H,1-5,10-14,20H2;1H. The highest BCUT2D eigenvalue weighted by Crippen LogP contribution is 2.14. The van der Waals surface area contributed by atoms with Crippen molar-refractivity contribution in [2.75, 3.05) is 32.7 Å². The molecule has 0 bridgehead atoms. The second-order valence-electron chi connectivity index (χ2n) is 6.13. The molecule has 1 heterocycles. The lowest BCUT2D eigenvalue weighted by Crippen LogP contribution is -2.50. The Morgan fingerprint density at radius 3 is 2.08 bits per heavy atom. The summed E-state index contributed by atoms with van der Waals surface area (Å²) < 4.78 is 0. The van der Waals surface area contributed by atoms with Crippen LogP contribution in [0.15, 0.2) is 24.3 Å². The van der Waals surface area contributed by atoms with Crippen LogP contribution in [0.5, 0.6) is 0 Å². The van der Waals surface area contributed by atoms with Gasteiger partial charge in [-0.05, 0) is 43.7 Å². The van der Waals surface area contributed by atoms with E-state index in [0.29, 0.717) is 43.2 Å². The van der Waals surface area contributed by atoms with Crippen molar-refractivity contribution in [3.8, 4) is 0 Å². The lowest BCUT2D eigenvalue weighted by atomic mass is 10.1. The van der Waals surface area contributed by atoms with Crippen LogP contribution in [-0.2, 0) is 4.79 Å². The van der Waals surface area contributed by atoms with Crippen molar-refractivity contribution in [2.24, 2.45) is 5.73 Å². The number of amides is 2. The van der Waals surface area contributed by atoms with E-state index in [1.54, 1.807) is 29.2 Å². The summed E-state index contributed by atoms with van der Waals surface area (Å²) in [6, 6.07) is 6.92. The van der Waals surface area contributed by atoms with E-state index in [1.165, 1.54) is 0 Å². The summed E-state index contributed by atoms with van der Waals surface area (Å²) in [6.45, 7) is 3.11. The van der Waals surface area contributed by atoms with Crippen molar-refractivity contribution in [1.29, 1.82) is 0 Å². The number of hydrogen-bond donors (Lipinski definition) is 1. The number of rotatable bonds is 7. The highest BCUT2D eigenvalue weighted by molar-refractivity contribution is 6.30. The summed E-state index contributed by atoms with van der Waals surface area (Å²) in [4.78, 5) is 28.3. The van der Waals surface area contributed by atoms with Gasteiger partial charge in [0.05, 0.1) is 0 Å². The van der Waals surface area contributed by atoms with Crippen molar-refractivity contribution in [3.63, 3.8) is 0 Å². The number of nitrogens with zero attached hydrogens (tertiary/aromatic N) is 2. The Bertz CT molecular complexity index is 544. The molecule has 2 amide bonds. The molecular weight excluding hydrogens is 361 g/mol. The molecule has 0 unspecified atom stereocenters. The van der Waals surface area contributed by atoms with Crippen LogP contribution in [-0.4, -0.2) is 54.3 Å². The van der Waals surface area contributed by atoms with Gasteiger partial charge in [0, 0.05) is 43.2 Å². The number of unbranched alkanes of at least 4 members (excludes halogenated alkanes) is 3. The average Bonchev–Trinajstić information content (AvgIpc) is 2.61. The fourth-order valence-electron chi connectivity index (χ4n) is 2.87. The molecule has 140 valence electrons. The topological polar surface area (TPSA) is 66.6 Å². The van der Waals surface area contributed by atoms with Gasteiger partial charge in [-0.3, -0.25) is 9.59 Å². The Labute approximate surface area is 160 Å². The third-order valence-corrected chi connectivity index (χ3v) is 4.61. The van der Waals surface area contributed by atoms with Gasteiger partial charge in [0.25, 0.3) is 5.91 Å². The first-order chi connectivity index (χ1) is 11.6. The number of carbonyl (C=O) groups excluding carboxylic acids is 2. The van der Waals surface area contributed by atoms with Crippen molar-refractivity contribution >= 4 is 35.8 Å².